The molecule has 0 heterocycles. The van der Waals surface area contributed by atoms with E-state index in [1.54, 1.807) is 13.8 Å². The number of nitrogens with one attached hydrogen (secondary N) is 1. The van der Waals surface area contributed by atoms with Crippen LogP contribution in [0.3, 0.4) is 0 Å². The minimum Gasteiger partial charge on any atom is -0.375 e. The molecule has 0 radical (unpaired) electrons. The van der Waals surface area contributed by atoms with E-state index in [9.17, 15) is 13.2 Å². The van der Waals surface area contributed by atoms with E-state index >= 15 is 0 Å². The van der Waals surface area contributed by atoms with Gasteiger partial charge in [-0.15, -0.1) is 0 Å². The fourth-order valence-electron chi connectivity index (χ4n) is 1.28. The predicted molar refractivity (Wildman–Crippen MR) is 58.4 cm³/mol. The molecule has 0 aromatic heterocycles. The number of sulfone groups is 1. The molecule has 0 saturated heterocycles. The molecule has 6 heteroatoms. The van der Waals surface area contributed by atoms with Crippen LogP contribution in [0.1, 0.15) is 13.8 Å². The Balaban J connectivity index is 4.10. The molecule has 0 fully saturated rings. The monoisotopic (exact) mass is 237 g/mol. The van der Waals surface area contributed by atoms with Crippen LogP contribution in [0.2, 0.25) is 0 Å². The van der Waals surface area contributed by atoms with Gasteiger partial charge in [0.1, 0.15) is 16.4 Å². The summed E-state index contributed by atoms with van der Waals surface area (Å²) in [5.74, 6) is -0.188. The molecule has 0 aromatic rings. The Labute approximate surface area is 91.1 Å². The van der Waals surface area contributed by atoms with Crippen molar-refractivity contribution in [2.75, 3.05) is 32.3 Å². The van der Waals surface area contributed by atoms with Crippen LogP contribution in [0.25, 0.3) is 0 Å². The van der Waals surface area contributed by atoms with Gasteiger partial charge in [0.05, 0.1) is 5.75 Å². The fraction of sp³-hybridized carbons (Fsp3) is 0.889. The smallest absolute Gasteiger partial charge is 0.246 e. The first-order valence-corrected chi connectivity index (χ1v) is 6.66. The number of ether oxygens (including phenoxy) is 1. The second kappa shape index (κ2) is 5.46. The Hall–Kier alpha value is -0.620. The molecule has 0 unspecified atom stereocenters. The minimum absolute atomic E-state index is 0.00500. The average Bonchev–Trinajstić information content (AvgIpc) is 1.97. The summed E-state index contributed by atoms with van der Waals surface area (Å²) in [5, 5.41) is 2.62. The van der Waals surface area contributed by atoms with E-state index < -0.39 is 15.3 Å². The average molecular weight is 237 g/mol. The topological polar surface area (TPSA) is 72.5 Å². The van der Waals surface area contributed by atoms with Crippen molar-refractivity contribution >= 4 is 15.7 Å². The van der Waals surface area contributed by atoms with E-state index in [1.165, 1.54) is 13.4 Å². The Bertz CT molecular complexity index is 308. The Morgan fingerprint density at radius 2 is 1.93 bits per heavy atom. The zero-order chi connectivity index (χ0) is 12.1. The van der Waals surface area contributed by atoms with Gasteiger partial charge < -0.3 is 10.1 Å². The van der Waals surface area contributed by atoms with Crippen molar-refractivity contribution in [2.24, 2.45) is 5.41 Å². The normalized spacial score (nSPS) is 12.5. The first-order chi connectivity index (χ1) is 6.66. The molecule has 1 N–H and O–H groups in total. The highest BCUT2D eigenvalue weighted by Crippen LogP contribution is 2.15. The molecule has 0 aliphatic heterocycles. The summed E-state index contributed by atoms with van der Waals surface area (Å²) in [4.78, 5) is 11.1. The molecule has 5 nitrogen and oxygen atoms in total. The summed E-state index contributed by atoms with van der Waals surface area (Å²) in [6, 6.07) is 0. The van der Waals surface area contributed by atoms with Crippen molar-refractivity contribution in [3.8, 4) is 0 Å². The number of hydrogen-bond donors (Lipinski definition) is 1. The van der Waals surface area contributed by atoms with Gasteiger partial charge in [0.15, 0.2) is 0 Å². The lowest BCUT2D eigenvalue weighted by Crippen LogP contribution is -2.39. The maximum absolute atomic E-state index is 11.1. The molecule has 0 saturated carbocycles. The molecule has 0 aliphatic carbocycles. The largest absolute Gasteiger partial charge is 0.375 e. The van der Waals surface area contributed by atoms with E-state index in [1.807, 2.05) is 0 Å². The van der Waals surface area contributed by atoms with Crippen LogP contribution in [-0.2, 0) is 19.4 Å². The molecule has 90 valence electrons. The van der Waals surface area contributed by atoms with E-state index in [0.29, 0.717) is 6.54 Å². The highest BCUT2D eigenvalue weighted by molar-refractivity contribution is 7.90. The SMILES string of the molecule is COCC(=O)NCC(C)(C)CS(C)(=O)=O. The van der Waals surface area contributed by atoms with Gasteiger partial charge in [-0.1, -0.05) is 13.8 Å². The van der Waals surface area contributed by atoms with Crippen LogP contribution >= 0.6 is 0 Å². The zero-order valence-electron chi connectivity index (χ0n) is 9.66. The second-order valence-electron chi connectivity index (χ2n) is 4.44. The Morgan fingerprint density at radius 3 is 2.33 bits per heavy atom. The van der Waals surface area contributed by atoms with E-state index in [2.05, 4.69) is 10.1 Å². The second-order valence-corrected chi connectivity index (χ2v) is 6.58. The van der Waals surface area contributed by atoms with Crippen molar-refractivity contribution in [3.63, 3.8) is 0 Å². The van der Waals surface area contributed by atoms with Crippen LogP contribution < -0.4 is 5.32 Å². The van der Waals surface area contributed by atoms with Crippen molar-refractivity contribution < 1.29 is 17.9 Å². The number of amides is 1. The molecule has 0 bridgehead atoms. The third-order valence-electron chi connectivity index (χ3n) is 1.69. The molecule has 0 rings (SSSR count). The molecule has 0 aliphatic rings. The van der Waals surface area contributed by atoms with Gasteiger partial charge >= 0.3 is 0 Å². The standard InChI is InChI=1S/C9H19NO4S/c1-9(2,7-15(4,12)13)6-10-8(11)5-14-3/h5-7H2,1-4H3,(H,10,11). The van der Waals surface area contributed by atoms with Crippen LogP contribution in [-0.4, -0.2) is 46.6 Å². The van der Waals surface area contributed by atoms with Crippen molar-refractivity contribution in [3.05, 3.63) is 0 Å². The summed E-state index contributed by atoms with van der Waals surface area (Å²) in [6.07, 6.45) is 1.19. The van der Waals surface area contributed by atoms with Gasteiger partial charge in [0.2, 0.25) is 5.91 Å². The highest BCUT2D eigenvalue weighted by Gasteiger charge is 2.23. The van der Waals surface area contributed by atoms with Crippen molar-refractivity contribution in [1.29, 1.82) is 0 Å². The van der Waals surface area contributed by atoms with Gasteiger partial charge in [-0.3, -0.25) is 4.79 Å². The molecule has 1 amide bonds. The first kappa shape index (κ1) is 14.4. The van der Waals surface area contributed by atoms with Gasteiger partial charge in [-0.05, 0) is 5.41 Å². The third-order valence-corrected chi connectivity index (χ3v) is 3.00. The maximum atomic E-state index is 11.1. The van der Waals surface area contributed by atoms with Crippen LogP contribution in [0, 0.1) is 5.41 Å². The van der Waals surface area contributed by atoms with Crippen LogP contribution in [0.15, 0.2) is 0 Å². The lowest BCUT2D eigenvalue weighted by atomic mass is 9.96. The maximum Gasteiger partial charge on any atom is 0.246 e. The van der Waals surface area contributed by atoms with Gasteiger partial charge in [-0.25, -0.2) is 8.42 Å². The molecule has 0 atom stereocenters. The lowest BCUT2D eigenvalue weighted by Gasteiger charge is -2.23. The van der Waals surface area contributed by atoms with Crippen LogP contribution in [0.5, 0.6) is 0 Å². The molecular weight excluding hydrogens is 218 g/mol. The van der Waals surface area contributed by atoms with Gasteiger partial charge in [0, 0.05) is 19.9 Å². The molecule has 0 aromatic carbocycles. The number of rotatable bonds is 6. The molecular formula is C9H19NO4S. The quantitative estimate of drug-likeness (QED) is 0.695. The third kappa shape index (κ3) is 8.38. The number of hydrogen-bond acceptors (Lipinski definition) is 4. The lowest BCUT2D eigenvalue weighted by molar-refractivity contribution is -0.125. The van der Waals surface area contributed by atoms with Gasteiger partial charge in [0.25, 0.3) is 0 Å². The Morgan fingerprint density at radius 1 is 1.40 bits per heavy atom. The Kier molecular flexibility index (Phi) is 5.23. The minimum atomic E-state index is -3.02. The van der Waals surface area contributed by atoms with Crippen molar-refractivity contribution in [1.82, 2.24) is 5.32 Å². The molecule has 0 spiro atoms. The summed E-state index contributed by atoms with van der Waals surface area (Å²) in [5.41, 5.74) is -0.461. The summed E-state index contributed by atoms with van der Waals surface area (Å²) in [6.45, 7) is 3.90. The predicted octanol–water partition coefficient (Wildman–Crippen LogP) is -0.180. The summed E-state index contributed by atoms with van der Waals surface area (Å²) >= 11 is 0. The highest BCUT2D eigenvalue weighted by atomic mass is 32.2. The summed E-state index contributed by atoms with van der Waals surface area (Å²) in [7, 11) is -1.59. The molecule has 15 heavy (non-hydrogen) atoms. The van der Waals surface area contributed by atoms with E-state index in [0.717, 1.165) is 0 Å². The fourth-order valence-corrected chi connectivity index (χ4v) is 2.80. The van der Waals surface area contributed by atoms with Gasteiger partial charge in [-0.2, -0.15) is 0 Å². The van der Waals surface area contributed by atoms with E-state index in [4.69, 9.17) is 0 Å². The zero-order valence-corrected chi connectivity index (χ0v) is 10.5. The number of carbonyl (C=O) groups is 1. The van der Waals surface area contributed by atoms with Crippen molar-refractivity contribution in [2.45, 2.75) is 13.8 Å². The van der Waals surface area contributed by atoms with E-state index in [-0.39, 0.29) is 18.3 Å². The number of methoxy groups -OCH3 is 1. The van der Waals surface area contributed by atoms with Crippen LogP contribution in [0.4, 0.5) is 0 Å². The first-order valence-electron chi connectivity index (χ1n) is 4.60. The number of carbonyl (C=O) groups excluding carboxylic acids is 1. The summed E-state index contributed by atoms with van der Waals surface area (Å²) < 4.78 is 26.8.